The van der Waals surface area contributed by atoms with Crippen molar-refractivity contribution >= 4 is 21.9 Å². The van der Waals surface area contributed by atoms with Crippen LogP contribution in [0.25, 0.3) is 89.2 Å². The molecular formula is C54H36N2O. The predicted octanol–water partition coefficient (Wildman–Crippen LogP) is 14.0. The molecule has 268 valence electrons. The van der Waals surface area contributed by atoms with Crippen molar-refractivity contribution in [3.8, 4) is 67.3 Å². The minimum atomic E-state index is -0.361. The van der Waals surface area contributed by atoms with Gasteiger partial charge in [-0.2, -0.15) is 0 Å². The molecule has 0 fully saturated rings. The molecule has 11 rings (SSSR count). The molecule has 8 aromatic carbocycles. The van der Waals surface area contributed by atoms with Crippen LogP contribution in [0.1, 0.15) is 23.6 Å². The van der Waals surface area contributed by atoms with Crippen LogP contribution in [0.2, 0.25) is 0 Å². The number of furan rings is 1. The summed E-state index contributed by atoms with van der Waals surface area (Å²) in [6.45, 7) is 2.39. The van der Waals surface area contributed by atoms with E-state index in [0.29, 0.717) is 5.82 Å². The fourth-order valence-corrected chi connectivity index (χ4v) is 9.04. The Labute approximate surface area is 331 Å². The largest absolute Gasteiger partial charge is 0.455 e. The second kappa shape index (κ2) is 13.1. The summed E-state index contributed by atoms with van der Waals surface area (Å²) in [4.78, 5) is 10.6. The summed E-state index contributed by atoms with van der Waals surface area (Å²) in [6.07, 6.45) is 0. The molecule has 57 heavy (non-hydrogen) atoms. The highest BCUT2D eigenvalue weighted by atomic mass is 16.3. The molecule has 2 aromatic heterocycles. The minimum absolute atomic E-state index is 0.361. The summed E-state index contributed by atoms with van der Waals surface area (Å²) in [5, 5.41) is 2.16. The van der Waals surface area contributed by atoms with E-state index < -0.39 is 0 Å². The normalized spacial score (nSPS) is 14.5. The number of para-hydroxylation sites is 2. The van der Waals surface area contributed by atoms with E-state index in [1.54, 1.807) is 0 Å². The van der Waals surface area contributed by atoms with Crippen molar-refractivity contribution in [2.45, 2.75) is 12.3 Å². The summed E-state index contributed by atoms with van der Waals surface area (Å²) in [7, 11) is 0. The molecule has 0 N–H and O–H groups in total. The summed E-state index contributed by atoms with van der Waals surface area (Å²) >= 11 is 0. The van der Waals surface area contributed by atoms with Crippen LogP contribution in [-0.4, -0.2) is 9.97 Å². The fourth-order valence-electron chi connectivity index (χ4n) is 9.04. The van der Waals surface area contributed by atoms with Crippen LogP contribution in [0.5, 0.6) is 0 Å². The Morgan fingerprint density at radius 1 is 0.404 bits per heavy atom. The van der Waals surface area contributed by atoms with E-state index in [-0.39, 0.29) is 5.41 Å². The molecule has 3 heteroatoms. The zero-order chi connectivity index (χ0) is 37.9. The van der Waals surface area contributed by atoms with Gasteiger partial charge in [0.05, 0.1) is 11.4 Å². The van der Waals surface area contributed by atoms with Gasteiger partial charge < -0.3 is 4.42 Å². The Morgan fingerprint density at radius 2 is 0.982 bits per heavy atom. The van der Waals surface area contributed by atoms with Crippen LogP contribution in [0.15, 0.2) is 205 Å². The van der Waals surface area contributed by atoms with Crippen molar-refractivity contribution < 1.29 is 4.42 Å². The zero-order valence-electron chi connectivity index (χ0n) is 31.4. The highest BCUT2D eigenvalue weighted by Gasteiger charge is 2.42. The first-order chi connectivity index (χ1) is 28.1. The lowest BCUT2D eigenvalue weighted by atomic mass is 9.72. The summed E-state index contributed by atoms with van der Waals surface area (Å²) < 4.78 is 6.55. The Hall–Kier alpha value is -7.36. The maximum atomic E-state index is 6.55. The lowest BCUT2D eigenvalue weighted by molar-refractivity contribution is 0.670. The molecule has 0 radical (unpaired) electrons. The van der Waals surface area contributed by atoms with Gasteiger partial charge in [0, 0.05) is 32.9 Å². The average molecular weight is 729 g/mol. The van der Waals surface area contributed by atoms with Gasteiger partial charge in [-0.25, -0.2) is 9.97 Å². The Kier molecular flexibility index (Phi) is 7.61. The maximum absolute atomic E-state index is 6.55. The number of hydrogen-bond acceptors (Lipinski definition) is 3. The fraction of sp³-hybridized carbons (Fsp3) is 0.0370. The van der Waals surface area contributed by atoms with Gasteiger partial charge in [-0.1, -0.05) is 164 Å². The molecule has 2 heterocycles. The zero-order valence-corrected chi connectivity index (χ0v) is 31.4. The molecule has 1 atom stereocenters. The number of hydrogen-bond donors (Lipinski definition) is 0. The van der Waals surface area contributed by atoms with Crippen LogP contribution in [0.4, 0.5) is 0 Å². The maximum Gasteiger partial charge on any atom is 0.160 e. The highest BCUT2D eigenvalue weighted by Crippen LogP contribution is 2.55. The third-order valence-corrected chi connectivity index (χ3v) is 11.8. The number of rotatable bonds is 6. The number of fused-ring (bicyclic) bond motifs is 6. The van der Waals surface area contributed by atoms with Gasteiger partial charge in [-0.15, -0.1) is 0 Å². The Balaban J connectivity index is 1.17. The van der Waals surface area contributed by atoms with Crippen LogP contribution >= 0.6 is 0 Å². The Morgan fingerprint density at radius 3 is 1.81 bits per heavy atom. The molecule has 3 nitrogen and oxygen atoms in total. The monoisotopic (exact) mass is 728 g/mol. The van der Waals surface area contributed by atoms with Gasteiger partial charge in [0.25, 0.3) is 0 Å². The van der Waals surface area contributed by atoms with Crippen molar-refractivity contribution in [3.63, 3.8) is 0 Å². The SMILES string of the molecule is CC1(c2ccccc2)c2ccccc2-c2cccc(-c3cc(-c4ccccc4)cc(-c4cc(-c5cccc6c5oc5ccccc56)nc(-c5ccccc5)n4)c3)c21. The van der Waals surface area contributed by atoms with E-state index in [1.165, 1.54) is 33.4 Å². The quantitative estimate of drug-likeness (QED) is 0.171. The van der Waals surface area contributed by atoms with Crippen molar-refractivity contribution in [2.75, 3.05) is 0 Å². The van der Waals surface area contributed by atoms with Gasteiger partial charge >= 0.3 is 0 Å². The first-order valence-electron chi connectivity index (χ1n) is 19.5. The summed E-state index contributed by atoms with van der Waals surface area (Å²) in [5.74, 6) is 0.663. The standard InChI is InChI=1S/C54H36N2O/c1-54(40-21-9-4-10-22-40)47-29-13-11-23-42(47)44-26-15-25-41(51(44)54)38-31-37(35-17-5-2-6-18-35)32-39(33-38)48-34-49(56-53(55-48)36-19-7-3-8-20-36)46-28-16-27-45-43-24-12-14-30-50(43)57-52(45)46/h2-34H,1H3. The van der Waals surface area contributed by atoms with E-state index >= 15 is 0 Å². The predicted molar refractivity (Wildman–Crippen MR) is 234 cm³/mol. The second-order valence-corrected chi connectivity index (χ2v) is 15.0. The molecule has 0 bridgehead atoms. The lowest BCUT2D eigenvalue weighted by Gasteiger charge is -2.30. The van der Waals surface area contributed by atoms with E-state index in [9.17, 15) is 0 Å². The summed E-state index contributed by atoms with van der Waals surface area (Å²) in [6, 6.07) is 71.1. The third kappa shape index (κ3) is 5.35. The van der Waals surface area contributed by atoms with Crippen LogP contribution < -0.4 is 0 Å². The third-order valence-electron chi connectivity index (χ3n) is 11.8. The number of aromatic nitrogens is 2. The molecule has 1 aliphatic rings. The molecular weight excluding hydrogens is 693 g/mol. The van der Waals surface area contributed by atoms with E-state index in [2.05, 4.69) is 177 Å². The molecule has 1 aliphatic carbocycles. The molecule has 0 amide bonds. The first-order valence-corrected chi connectivity index (χ1v) is 19.5. The highest BCUT2D eigenvalue weighted by molar-refractivity contribution is 6.09. The molecule has 0 spiro atoms. The molecule has 10 aromatic rings. The smallest absolute Gasteiger partial charge is 0.160 e. The van der Waals surface area contributed by atoms with Gasteiger partial charge in [-0.05, 0) is 93.4 Å². The number of benzene rings is 8. The minimum Gasteiger partial charge on any atom is -0.455 e. The van der Waals surface area contributed by atoms with E-state index in [4.69, 9.17) is 14.4 Å². The van der Waals surface area contributed by atoms with Crippen molar-refractivity contribution in [3.05, 3.63) is 217 Å². The lowest BCUT2D eigenvalue weighted by Crippen LogP contribution is -2.23. The average Bonchev–Trinajstić information content (AvgIpc) is 3.80. The number of nitrogens with zero attached hydrogens (tertiary/aromatic N) is 2. The molecule has 0 saturated heterocycles. The van der Waals surface area contributed by atoms with Crippen molar-refractivity contribution in [1.82, 2.24) is 9.97 Å². The Bertz CT molecular complexity index is 3130. The van der Waals surface area contributed by atoms with E-state index in [0.717, 1.165) is 66.7 Å². The van der Waals surface area contributed by atoms with Gasteiger partial charge in [0.2, 0.25) is 0 Å². The van der Waals surface area contributed by atoms with Gasteiger partial charge in [0.1, 0.15) is 11.2 Å². The van der Waals surface area contributed by atoms with Crippen molar-refractivity contribution in [2.24, 2.45) is 0 Å². The van der Waals surface area contributed by atoms with Crippen LogP contribution in [-0.2, 0) is 5.41 Å². The second-order valence-electron chi connectivity index (χ2n) is 15.0. The van der Waals surface area contributed by atoms with Gasteiger partial charge in [-0.3, -0.25) is 0 Å². The molecule has 1 unspecified atom stereocenters. The summed E-state index contributed by atoms with van der Waals surface area (Å²) in [5.41, 5.74) is 17.0. The van der Waals surface area contributed by atoms with E-state index in [1.807, 2.05) is 30.3 Å². The topological polar surface area (TPSA) is 38.9 Å². The van der Waals surface area contributed by atoms with Crippen LogP contribution in [0, 0.1) is 0 Å². The molecule has 0 aliphatic heterocycles. The first kappa shape index (κ1) is 33.0. The van der Waals surface area contributed by atoms with Crippen LogP contribution in [0.3, 0.4) is 0 Å². The van der Waals surface area contributed by atoms with Gasteiger partial charge in [0.15, 0.2) is 5.82 Å². The van der Waals surface area contributed by atoms with Crippen molar-refractivity contribution in [1.29, 1.82) is 0 Å². The molecule has 0 saturated carbocycles.